The number of rotatable bonds is 4. The first kappa shape index (κ1) is 12.8. The summed E-state index contributed by atoms with van der Waals surface area (Å²) in [5.41, 5.74) is 0.384. The molecule has 0 amide bonds. The van der Waals surface area contributed by atoms with Crippen LogP contribution in [0.3, 0.4) is 0 Å². The van der Waals surface area contributed by atoms with Crippen LogP contribution in [-0.2, 0) is 0 Å². The van der Waals surface area contributed by atoms with E-state index in [1.165, 1.54) is 7.11 Å². The molecule has 0 bridgehead atoms. The monoisotopic (exact) mass is 234 g/mol. The van der Waals surface area contributed by atoms with Gasteiger partial charge in [-0.15, -0.1) is 0 Å². The molecule has 1 unspecified atom stereocenters. The van der Waals surface area contributed by atoms with Crippen molar-refractivity contribution >= 4 is 0 Å². The van der Waals surface area contributed by atoms with Crippen molar-refractivity contribution in [3.63, 3.8) is 0 Å². The second-order valence-electron chi connectivity index (χ2n) is 3.41. The fraction of sp³-hybridized carbons (Fsp3) is 0.455. The van der Waals surface area contributed by atoms with Gasteiger partial charge in [-0.3, -0.25) is 0 Å². The molecule has 2 nitrogen and oxygen atoms in total. The maximum atomic E-state index is 12.0. The number of methoxy groups -OCH3 is 1. The van der Waals surface area contributed by atoms with Gasteiger partial charge in [0.1, 0.15) is 5.75 Å². The highest BCUT2D eigenvalue weighted by Crippen LogP contribution is 2.31. The second kappa shape index (κ2) is 5.21. The maximum absolute atomic E-state index is 12.0. The minimum atomic E-state index is -4.25. The molecule has 0 saturated carbocycles. The van der Waals surface area contributed by atoms with Crippen LogP contribution in [0.25, 0.3) is 0 Å². The van der Waals surface area contributed by atoms with Crippen LogP contribution in [0.2, 0.25) is 0 Å². The SMILES string of the molecule is COc1ccccc1C(O)CCC(F)(F)F. The van der Waals surface area contributed by atoms with Crippen LogP contribution in [-0.4, -0.2) is 18.4 Å². The van der Waals surface area contributed by atoms with E-state index in [0.29, 0.717) is 11.3 Å². The van der Waals surface area contributed by atoms with Gasteiger partial charge in [-0.2, -0.15) is 13.2 Å². The van der Waals surface area contributed by atoms with E-state index in [9.17, 15) is 18.3 Å². The zero-order valence-electron chi connectivity index (χ0n) is 8.79. The fourth-order valence-corrected chi connectivity index (χ4v) is 1.40. The van der Waals surface area contributed by atoms with Crippen molar-refractivity contribution in [2.24, 2.45) is 0 Å². The Morgan fingerprint density at radius 3 is 2.50 bits per heavy atom. The Labute approximate surface area is 91.7 Å². The third-order valence-electron chi connectivity index (χ3n) is 2.20. The zero-order chi connectivity index (χ0) is 12.2. The molecule has 0 fully saturated rings. The normalized spacial score (nSPS) is 13.6. The van der Waals surface area contributed by atoms with Crippen molar-refractivity contribution in [1.29, 1.82) is 0 Å². The largest absolute Gasteiger partial charge is 0.496 e. The van der Waals surface area contributed by atoms with Gasteiger partial charge in [0.05, 0.1) is 13.2 Å². The van der Waals surface area contributed by atoms with E-state index < -0.39 is 18.7 Å². The van der Waals surface area contributed by atoms with Crippen molar-refractivity contribution in [1.82, 2.24) is 0 Å². The lowest BCUT2D eigenvalue weighted by atomic mass is 10.0. The summed E-state index contributed by atoms with van der Waals surface area (Å²) in [5, 5.41) is 9.62. The Balaban J connectivity index is 2.69. The van der Waals surface area contributed by atoms with E-state index in [1.54, 1.807) is 24.3 Å². The van der Waals surface area contributed by atoms with Crippen LogP contribution in [0.1, 0.15) is 24.5 Å². The summed E-state index contributed by atoms with van der Waals surface area (Å²) in [6.07, 6.45) is -6.77. The Morgan fingerprint density at radius 2 is 1.94 bits per heavy atom. The van der Waals surface area contributed by atoms with Crippen LogP contribution >= 0.6 is 0 Å². The molecule has 0 aliphatic heterocycles. The van der Waals surface area contributed by atoms with Crippen molar-refractivity contribution in [3.8, 4) is 5.75 Å². The lowest BCUT2D eigenvalue weighted by Crippen LogP contribution is -2.10. The average Bonchev–Trinajstić information content (AvgIpc) is 2.25. The van der Waals surface area contributed by atoms with Crippen LogP contribution in [0, 0.1) is 0 Å². The predicted molar refractivity (Wildman–Crippen MR) is 53.2 cm³/mol. The molecule has 0 aliphatic carbocycles. The van der Waals surface area contributed by atoms with Gasteiger partial charge in [0.25, 0.3) is 0 Å². The molecule has 16 heavy (non-hydrogen) atoms. The van der Waals surface area contributed by atoms with Gasteiger partial charge in [-0.25, -0.2) is 0 Å². The quantitative estimate of drug-likeness (QED) is 0.867. The second-order valence-corrected chi connectivity index (χ2v) is 3.41. The van der Waals surface area contributed by atoms with Crippen molar-refractivity contribution < 1.29 is 23.0 Å². The summed E-state index contributed by atoms with van der Waals surface area (Å²) in [4.78, 5) is 0. The number of hydrogen-bond acceptors (Lipinski definition) is 2. The number of aliphatic hydroxyl groups is 1. The highest BCUT2D eigenvalue weighted by Gasteiger charge is 2.28. The summed E-state index contributed by atoms with van der Waals surface area (Å²) in [5.74, 6) is 0.400. The van der Waals surface area contributed by atoms with Gasteiger partial charge >= 0.3 is 6.18 Å². The smallest absolute Gasteiger partial charge is 0.389 e. The van der Waals surface area contributed by atoms with E-state index in [1.807, 2.05) is 0 Å². The molecule has 1 atom stereocenters. The van der Waals surface area contributed by atoms with Crippen LogP contribution in [0.4, 0.5) is 13.2 Å². The average molecular weight is 234 g/mol. The molecule has 1 aromatic rings. The Morgan fingerprint density at radius 1 is 1.31 bits per heavy atom. The Kier molecular flexibility index (Phi) is 4.18. The number of ether oxygens (including phenoxy) is 1. The lowest BCUT2D eigenvalue weighted by Gasteiger charge is -2.15. The summed E-state index contributed by atoms with van der Waals surface area (Å²) < 4.78 is 40.9. The minimum absolute atomic E-state index is 0.357. The third kappa shape index (κ3) is 3.73. The van der Waals surface area contributed by atoms with Gasteiger partial charge in [0, 0.05) is 12.0 Å². The number of benzene rings is 1. The van der Waals surface area contributed by atoms with Gasteiger partial charge in [0.2, 0.25) is 0 Å². The van der Waals surface area contributed by atoms with E-state index in [0.717, 1.165) is 0 Å². The number of para-hydroxylation sites is 1. The highest BCUT2D eigenvalue weighted by molar-refractivity contribution is 5.34. The van der Waals surface area contributed by atoms with E-state index in [-0.39, 0.29) is 6.42 Å². The van der Waals surface area contributed by atoms with Crippen LogP contribution < -0.4 is 4.74 Å². The van der Waals surface area contributed by atoms with Gasteiger partial charge < -0.3 is 9.84 Å². The molecule has 0 spiro atoms. The number of aliphatic hydroxyl groups excluding tert-OH is 1. The first-order chi connectivity index (χ1) is 7.44. The lowest BCUT2D eigenvalue weighted by molar-refractivity contribution is -0.140. The molecular weight excluding hydrogens is 221 g/mol. The van der Waals surface area contributed by atoms with Gasteiger partial charge in [-0.1, -0.05) is 18.2 Å². The molecule has 90 valence electrons. The van der Waals surface area contributed by atoms with E-state index >= 15 is 0 Å². The third-order valence-corrected chi connectivity index (χ3v) is 2.20. The molecule has 1 aromatic carbocycles. The summed E-state index contributed by atoms with van der Waals surface area (Å²) in [7, 11) is 1.41. The zero-order valence-corrected chi connectivity index (χ0v) is 8.79. The summed E-state index contributed by atoms with van der Waals surface area (Å²) in [6.45, 7) is 0. The Hall–Kier alpha value is -1.23. The van der Waals surface area contributed by atoms with Gasteiger partial charge in [-0.05, 0) is 12.5 Å². The molecule has 1 N–H and O–H groups in total. The summed E-state index contributed by atoms with van der Waals surface area (Å²) >= 11 is 0. The van der Waals surface area contributed by atoms with Gasteiger partial charge in [0.15, 0.2) is 0 Å². The van der Waals surface area contributed by atoms with E-state index in [2.05, 4.69) is 0 Å². The molecule has 1 rings (SSSR count). The number of hydrogen-bond donors (Lipinski definition) is 1. The molecule has 0 aliphatic rings. The van der Waals surface area contributed by atoms with E-state index in [4.69, 9.17) is 4.74 Å². The topological polar surface area (TPSA) is 29.5 Å². The molecule has 0 radical (unpaired) electrons. The molecule has 0 saturated heterocycles. The number of halogens is 3. The first-order valence-electron chi connectivity index (χ1n) is 4.82. The molecule has 0 aromatic heterocycles. The number of alkyl halides is 3. The van der Waals surface area contributed by atoms with Crippen LogP contribution in [0.15, 0.2) is 24.3 Å². The van der Waals surface area contributed by atoms with Crippen molar-refractivity contribution in [2.75, 3.05) is 7.11 Å². The Bertz CT molecular complexity index is 336. The predicted octanol–water partition coefficient (Wildman–Crippen LogP) is 3.07. The molecule has 0 heterocycles. The fourth-order valence-electron chi connectivity index (χ4n) is 1.40. The highest BCUT2D eigenvalue weighted by atomic mass is 19.4. The van der Waals surface area contributed by atoms with Crippen molar-refractivity contribution in [2.45, 2.75) is 25.1 Å². The van der Waals surface area contributed by atoms with Crippen LogP contribution in [0.5, 0.6) is 5.75 Å². The molecule has 5 heteroatoms. The first-order valence-corrected chi connectivity index (χ1v) is 4.82. The van der Waals surface area contributed by atoms with Crippen molar-refractivity contribution in [3.05, 3.63) is 29.8 Å². The summed E-state index contributed by atoms with van der Waals surface area (Å²) in [6, 6.07) is 6.50. The standard InChI is InChI=1S/C11H13F3O2/c1-16-10-5-3-2-4-8(10)9(15)6-7-11(12,13)14/h2-5,9,15H,6-7H2,1H3. The minimum Gasteiger partial charge on any atom is -0.496 e. The maximum Gasteiger partial charge on any atom is 0.389 e. The molecular formula is C11H13F3O2.